The monoisotopic (exact) mass is 325 g/mol. The summed E-state index contributed by atoms with van der Waals surface area (Å²) in [7, 11) is 0. The molecule has 6 heteroatoms. The third-order valence-corrected chi connectivity index (χ3v) is 4.08. The summed E-state index contributed by atoms with van der Waals surface area (Å²) in [5, 5.41) is 17.1. The Hall–Kier alpha value is -2.65. The van der Waals surface area contributed by atoms with Crippen molar-refractivity contribution in [2.24, 2.45) is 0 Å². The standard InChI is InChI=1S/C17H12FN3OS/c18-15-4-2-1-3-14(15)9-16-20-21-17(22-16)23-11-13-7-5-12(10-19)6-8-13/h1-8H,9,11H2. The highest BCUT2D eigenvalue weighted by atomic mass is 32.2. The van der Waals surface area contributed by atoms with Crippen molar-refractivity contribution < 1.29 is 8.81 Å². The third kappa shape index (κ3) is 3.96. The second kappa shape index (κ2) is 7.07. The summed E-state index contributed by atoms with van der Waals surface area (Å²) in [4.78, 5) is 0. The van der Waals surface area contributed by atoms with Crippen molar-refractivity contribution in [3.63, 3.8) is 0 Å². The Kier molecular flexibility index (Phi) is 4.69. The molecule has 4 nitrogen and oxygen atoms in total. The van der Waals surface area contributed by atoms with Crippen molar-refractivity contribution in [1.29, 1.82) is 5.26 Å². The summed E-state index contributed by atoms with van der Waals surface area (Å²) in [5.41, 5.74) is 2.21. The average molecular weight is 325 g/mol. The Balaban J connectivity index is 1.61. The SMILES string of the molecule is N#Cc1ccc(CSc2nnc(Cc3ccccc3F)o2)cc1. The second-order valence-electron chi connectivity index (χ2n) is 4.83. The van der Waals surface area contributed by atoms with Gasteiger partial charge < -0.3 is 4.42 Å². The van der Waals surface area contributed by atoms with Crippen LogP contribution in [0.4, 0.5) is 4.39 Å². The molecule has 0 amide bonds. The first kappa shape index (κ1) is 15.3. The quantitative estimate of drug-likeness (QED) is 0.664. The first-order valence-corrected chi connectivity index (χ1v) is 7.91. The lowest BCUT2D eigenvalue weighted by molar-refractivity contribution is 0.418. The lowest BCUT2D eigenvalue weighted by Gasteiger charge is -1.99. The van der Waals surface area contributed by atoms with E-state index < -0.39 is 0 Å². The summed E-state index contributed by atoms with van der Waals surface area (Å²) in [5.74, 6) is 0.766. The van der Waals surface area contributed by atoms with E-state index in [2.05, 4.69) is 16.3 Å². The van der Waals surface area contributed by atoms with E-state index in [0.29, 0.717) is 28.0 Å². The van der Waals surface area contributed by atoms with Gasteiger partial charge in [-0.1, -0.05) is 42.1 Å². The summed E-state index contributed by atoms with van der Waals surface area (Å²) in [6, 6.07) is 15.9. The molecule has 0 aliphatic heterocycles. The van der Waals surface area contributed by atoms with Crippen molar-refractivity contribution in [3.05, 3.63) is 76.9 Å². The topological polar surface area (TPSA) is 62.7 Å². The highest BCUT2D eigenvalue weighted by Crippen LogP contribution is 2.22. The summed E-state index contributed by atoms with van der Waals surface area (Å²) >= 11 is 1.41. The molecule has 0 radical (unpaired) electrons. The molecule has 1 heterocycles. The fourth-order valence-corrected chi connectivity index (χ4v) is 2.73. The van der Waals surface area contributed by atoms with E-state index in [4.69, 9.17) is 9.68 Å². The van der Waals surface area contributed by atoms with Crippen molar-refractivity contribution in [1.82, 2.24) is 10.2 Å². The Morgan fingerprint density at radius 1 is 1.09 bits per heavy atom. The minimum atomic E-state index is -0.280. The molecule has 0 aliphatic carbocycles. The molecule has 3 aromatic rings. The molecular weight excluding hydrogens is 313 g/mol. The summed E-state index contributed by atoms with van der Waals surface area (Å²) in [6.07, 6.45) is 0.275. The molecule has 0 fully saturated rings. The number of thioether (sulfide) groups is 1. The fourth-order valence-electron chi connectivity index (χ4n) is 1.99. The van der Waals surface area contributed by atoms with Crippen LogP contribution >= 0.6 is 11.8 Å². The minimum Gasteiger partial charge on any atom is -0.416 e. The van der Waals surface area contributed by atoms with Gasteiger partial charge in [0.1, 0.15) is 5.82 Å². The molecule has 0 spiro atoms. The maximum atomic E-state index is 13.6. The van der Waals surface area contributed by atoms with Crippen LogP contribution in [0.5, 0.6) is 0 Å². The van der Waals surface area contributed by atoms with Crippen molar-refractivity contribution in [3.8, 4) is 6.07 Å². The maximum Gasteiger partial charge on any atom is 0.276 e. The predicted octanol–water partition coefficient (Wildman–Crippen LogP) is 3.96. The van der Waals surface area contributed by atoms with Crippen LogP contribution in [0.3, 0.4) is 0 Å². The Morgan fingerprint density at radius 3 is 2.61 bits per heavy atom. The normalized spacial score (nSPS) is 10.4. The van der Waals surface area contributed by atoms with Crippen LogP contribution in [0.15, 0.2) is 58.2 Å². The molecule has 114 valence electrons. The van der Waals surface area contributed by atoms with Crippen LogP contribution in [-0.2, 0) is 12.2 Å². The highest BCUT2D eigenvalue weighted by molar-refractivity contribution is 7.98. The number of halogens is 1. The molecule has 0 saturated heterocycles. The first-order chi connectivity index (χ1) is 11.2. The predicted molar refractivity (Wildman–Crippen MR) is 84.2 cm³/mol. The fraction of sp³-hybridized carbons (Fsp3) is 0.118. The lowest BCUT2D eigenvalue weighted by Crippen LogP contribution is -1.92. The smallest absolute Gasteiger partial charge is 0.276 e. The van der Waals surface area contributed by atoms with E-state index in [1.54, 1.807) is 30.3 Å². The molecule has 0 saturated carbocycles. The van der Waals surface area contributed by atoms with Gasteiger partial charge in [-0.25, -0.2) is 4.39 Å². The Morgan fingerprint density at radius 2 is 1.87 bits per heavy atom. The zero-order valence-electron chi connectivity index (χ0n) is 12.1. The van der Waals surface area contributed by atoms with Gasteiger partial charge in [0, 0.05) is 5.75 Å². The van der Waals surface area contributed by atoms with E-state index in [9.17, 15) is 4.39 Å². The third-order valence-electron chi connectivity index (χ3n) is 3.19. The average Bonchev–Trinajstić information content (AvgIpc) is 3.03. The molecule has 0 aliphatic rings. The van der Waals surface area contributed by atoms with Crippen molar-refractivity contribution in [2.45, 2.75) is 17.4 Å². The highest BCUT2D eigenvalue weighted by Gasteiger charge is 2.10. The van der Waals surface area contributed by atoms with Crippen molar-refractivity contribution >= 4 is 11.8 Å². The van der Waals surface area contributed by atoms with Crippen LogP contribution in [0.2, 0.25) is 0 Å². The van der Waals surface area contributed by atoms with E-state index in [1.807, 2.05) is 12.1 Å². The van der Waals surface area contributed by atoms with Crippen LogP contribution in [0, 0.1) is 17.1 Å². The van der Waals surface area contributed by atoms with Crippen molar-refractivity contribution in [2.75, 3.05) is 0 Å². The number of aromatic nitrogens is 2. The molecule has 1 aromatic heterocycles. The van der Waals surface area contributed by atoms with Gasteiger partial charge in [0.05, 0.1) is 18.1 Å². The molecule has 0 atom stereocenters. The van der Waals surface area contributed by atoms with Gasteiger partial charge >= 0.3 is 0 Å². The summed E-state index contributed by atoms with van der Waals surface area (Å²) in [6.45, 7) is 0. The van der Waals surface area contributed by atoms with E-state index in [1.165, 1.54) is 17.8 Å². The number of nitriles is 1. The molecule has 23 heavy (non-hydrogen) atoms. The van der Waals surface area contributed by atoms with Gasteiger partial charge in [0.25, 0.3) is 5.22 Å². The lowest BCUT2D eigenvalue weighted by atomic mass is 10.1. The van der Waals surface area contributed by atoms with Gasteiger partial charge in [-0.2, -0.15) is 5.26 Å². The van der Waals surface area contributed by atoms with E-state index in [-0.39, 0.29) is 12.2 Å². The van der Waals surface area contributed by atoms with Gasteiger partial charge in [-0.3, -0.25) is 0 Å². The minimum absolute atomic E-state index is 0.275. The van der Waals surface area contributed by atoms with E-state index >= 15 is 0 Å². The maximum absolute atomic E-state index is 13.6. The summed E-state index contributed by atoms with van der Waals surface area (Å²) < 4.78 is 19.1. The van der Waals surface area contributed by atoms with Crippen LogP contribution in [0.25, 0.3) is 0 Å². The van der Waals surface area contributed by atoms with Crippen LogP contribution in [-0.4, -0.2) is 10.2 Å². The zero-order chi connectivity index (χ0) is 16.1. The van der Waals surface area contributed by atoms with Gasteiger partial charge in [-0.05, 0) is 29.3 Å². The molecule has 0 N–H and O–H groups in total. The number of rotatable bonds is 5. The number of nitrogens with zero attached hydrogens (tertiary/aromatic N) is 3. The molecule has 3 rings (SSSR count). The van der Waals surface area contributed by atoms with Gasteiger partial charge in [-0.15, -0.1) is 10.2 Å². The number of hydrogen-bond acceptors (Lipinski definition) is 5. The second-order valence-corrected chi connectivity index (χ2v) is 5.75. The molecule has 0 bridgehead atoms. The van der Waals surface area contributed by atoms with Gasteiger partial charge in [0.2, 0.25) is 5.89 Å². The molecule has 2 aromatic carbocycles. The molecular formula is C17H12FN3OS. The number of hydrogen-bond donors (Lipinski definition) is 0. The molecule has 0 unspecified atom stereocenters. The zero-order valence-corrected chi connectivity index (χ0v) is 12.9. The first-order valence-electron chi connectivity index (χ1n) is 6.92. The number of benzene rings is 2. The van der Waals surface area contributed by atoms with Crippen LogP contribution < -0.4 is 0 Å². The van der Waals surface area contributed by atoms with Gasteiger partial charge in [0.15, 0.2) is 0 Å². The van der Waals surface area contributed by atoms with E-state index in [0.717, 1.165) is 5.56 Å². The Bertz CT molecular complexity index is 840. The largest absolute Gasteiger partial charge is 0.416 e. The Labute approximate surface area is 137 Å². The van der Waals surface area contributed by atoms with Crippen LogP contribution in [0.1, 0.15) is 22.6 Å².